The van der Waals surface area contributed by atoms with Crippen LogP contribution in [0.3, 0.4) is 0 Å². The van der Waals surface area contributed by atoms with Gasteiger partial charge in [-0.15, -0.1) is 0 Å². The van der Waals surface area contributed by atoms with Gasteiger partial charge in [0.1, 0.15) is 0 Å². The van der Waals surface area contributed by atoms with Gasteiger partial charge >= 0.3 is 0 Å². The minimum Gasteiger partial charge on any atom is -0.369 e. The molecule has 20 heavy (non-hydrogen) atoms. The number of aliphatic imine (C=N–C) groups is 1. The van der Waals surface area contributed by atoms with E-state index in [1.807, 2.05) is 54.6 Å². The minimum atomic E-state index is -0.282. The van der Waals surface area contributed by atoms with Crippen molar-refractivity contribution in [3.63, 3.8) is 0 Å². The maximum absolute atomic E-state index is 6.10. The zero-order valence-corrected chi connectivity index (χ0v) is 12.0. The number of nitrogens with zero attached hydrogens (tertiary/aromatic N) is 2. The lowest BCUT2D eigenvalue weighted by molar-refractivity contribution is 0.533. The number of hydrogen-bond donors (Lipinski definition) is 1. The first-order valence-corrected chi connectivity index (χ1v) is 6.90. The molecule has 3 rings (SSSR count). The summed E-state index contributed by atoms with van der Waals surface area (Å²) >= 11 is 5.98. The van der Waals surface area contributed by atoms with Crippen LogP contribution in [-0.2, 0) is 5.54 Å². The molecule has 102 valence electrons. The highest BCUT2D eigenvalue weighted by Crippen LogP contribution is 2.36. The van der Waals surface area contributed by atoms with E-state index in [9.17, 15) is 0 Å². The zero-order valence-electron chi connectivity index (χ0n) is 11.3. The van der Waals surface area contributed by atoms with E-state index in [0.29, 0.717) is 12.5 Å². The standard InChI is InChI=1S/C16H16ClN3/c1-16(12-7-9-13(17)10-8-12)11-19-15(18)20(16)14-5-3-2-4-6-14/h2-10H,11H2,1H3,(H2,18,19). The van der Waals surface area contributed by atoms with Crippen molar-refractivity contribution in [1.29, 1.82) is 0 Å². The molecule has 1 aliphatic heterocycles. The van der Waals surface area contributed by atoms with Crippen LogP contribution in [0.25, 0.3) is 0 Å². The van der Waals surface area contributed by atoms with E-state index in [1.54, 1.807) is 0 Å². The van der Waals surface area contributed by atoms with Crippen molar-refractivity contribution in [2.45, 2.75) is 12.5 Å². The summed E-state index contributed by atoms with van der Waals surface area (Å²) in [6.45, 7) is 2.78. The third-order valence-corrected chi connectivity index (χ3v) is 4.00. The number of hydrogen-bond acceptors (Lipinski definition) is 3. The monoisotopic (exact) mass is 285 g/mol. The molecule has 3 nitrogen and oxygen atoms in total. The molecule has 0 amide bonds. The Morgan fingerprint density at radius 1 is 1.10 bits per heavy atom. The summed E-state index contributed by atoms with van der Waals surface area (Å²) in [4.78, 5) is 6.51. The van der Waals surface area contributed by atoms with Crippen molar-refractivity contribution < 1.29 is 0 Å². The van der Waals surface area contributed by atoms with Crippen molar-refractivity contribution in [2.75, 3.05) is 11.4 Å². The second kappa shape index (κ2) is 4.84. The summed E-state index contributed by atoms with van der Waals surface area (Å²) in [7, 11) is 0. The summed E-state index contributed by atoms with van der Waals surface area (Å²) in [6, 6.07) is 18.0. The van der Waals surface area contributed by atoms with Crippen LogP contribution in [0.4, 0.5) is 5.69 Å². The molecule has 0 aliphatic carbocycles. The highest BCUT2D eigenvalue weighted by molar-refractivity contribution is 6.30. The van der Waals surface area contributed by atoms with Crippen molar-refractivity contribution in [1.82, 2.24) is 0 Å². The van der Waals surface area contributed by atoms with E-state index < -0.39 is 0 Å². The summed E-state index contributed by atoms with van der Waals surface area (Å²) in [5.41, 5.74) is 8.02. The number of para-hydroxylation sites is 1. The van der Waals surface area contributed by atoms with E-state index in [2.05, 4.69) is 16.8 Å². The fraction of sp³-hybridized carbons (Fsp3) is 0.188. The van der Waals surface area contributed by atoms with Crippen LogP contribution in [0.1, 0.15) is 12.5 Å². The second-order valence-electron chi connectivity index (χ2n) is 5.13. The van der Waals surface area contributed by atoms with Crippen LogP contribution in [0.5, 0.6) is 0 Å². The normalized spacial score (nSPS) is 21.9. The van der Waals surface area contributed by atoms with E-state index in [4.69, 9.17) is 17.3 Å². The molecule has 0 fully saturated rings. The molecule has 0 saturated heterocycles. The minimum absolute atomic E-state index is 0.282. The lowest BCUT2D eigenvalue weighted by Gasteiger charge is -2.36. The van der Waals surface area contributed by atoms with Gasteiger partial charge in [-0.2, -0.15) is 0 Å². The van der Waals surface area contributed by atoms with Gasteiger partial charge in [0.2, 0.25) is 0 Å². The van der Waals surface area contributed by atoms with E-state index in [-0.39, 0.29) is 5.54 Å². The Morgan fingerprint density at radius 2 is 1.75 bits per heavy atom. The van der Waals surface area contributed by atoms with Crippen LogP contribution in [0, 0.1) is 0 Å². The SMILES string of the molecule is CC1(c2ccc(Cl)cc2)CN=C(N)N1c1ccccc1. The Kier molecular flexibility index (Phi) is 3.14. The summed E-state index contributed by atoms with van der Waals surface area (Å²) in [5, 5.41) is 0.732. The average molecular weight is 286 g/mol. The average Bonchev–Trinajstić information content (AvgIpc) is 2.77. The molecule has 0 spiro atoms. The molecule has 1 atom stereocenters. The fourth-order valence-electron chi connectivity index (χ4n) is 2.65. The van der Waals surface area contributed by atoms with Crippen LogP contribution in [-0.4, -0.2) is 12.5 Å². The van der Waals surface area contributed by atoms with Gasteiger partial charge in [-0.25, -0.2) is 0 Å². The molecule has 1 unspecified atom stereocenters. The van der Waals surface area contributed by atoms with Gasteiger partial charge in [0.05, 0.1) is 12.1 Å². The molecule has 1 aliphatic rings. The van der Waals surface area contributed by atoms with Crippen molar-refractivity contribution in [3.8, 4) is 0 Å². The van der Waals surface area contributed by atoms with Crippen LogP contribution in [0.15, 0.2) is 59.6 Å². The first-order valence-electron chi connectivity index (χ1n) is 6.52. The maximum atomic E-state index is 6.10. The Balaban J connectivity index is 2.06. The Morgan fingerprint density at radius 3 is 2.40 bits per heavy atom. The summed E-state index contributed by atoms with van der Waals surface area (Å²) < 4.78 is 0. The number of rotatable bonds is 2. The van der Waals surface area contributed by atoms with Crippen molar-refractivity contribution in [3.05, 3.63) is 65.2 Å². The maximum Gasteiger partial charge on any atom is 0.196 e. The molecule has 0 radical (unpaired) electrons. The van der Waals surface area contributed by atoms with Gasteiger partial charge in [0.25, 0.3) is 0 Å². The number of guanidine groups is 1. The third kappa shape index (κ3) is 2.04. The van der Waals surface area contributed by atoms with E-state index >= 15 is 0 Å². The molecule has 1 heterocycles. The molecule has 0 bridgehead atoms. The highest BCUT2D eigenvalue weighted by Gasteiger charge is 2.40. The first-order chi connectivity index (χ1) is 9.61. The third-order valence-electron chi connectivity index (χ3n) is 3.75. The second-order valence-corrected chi connectivity index (χ2v) is 5.56. The quantitative estimate of drug-likeness (QED) is 0.919. The predicted molar refractivity (Wildman–Crippen MR) is 84.2 cm³/mol. The van der Waals surface area contributed by atoms with Crippen LogP contribution in [0.2, 0.25) is 5.02 Å². The number of nitrogens with two attached hydrogens (primary N) is 1. The number of anilines is 1. The van der Waals surface area contributed by atoms with Gasteiger partial charge in [-0.3, -0.25) is 4.99 Å². The number of benzene rings is 2. The Hall–Kier alpha value is -2.00. The molecular formula is C16H16ClN3. The molecule has 0 saturated carbocycles. The lowest BCUT2D eigenvalue weighted by atomic mass is 9.90. The smallest absolute Gasteiger partial charge is 0.196 e. The fourth-order valence-corrected chi connectivity index (χ4v) is 2.78. The molecule has 2 N–H and O–H groups in total. The van der Waals surface area contributed by atoms with Gasteiger partial charge in [-0.1, -0.05) is 41.9 Å². The summed E-state index contributed by atoms with van der Waals surface area (Å²) in [6.07, 6.45) is 0. The largest absolute Gasteiger partial charge is 0.369 e. The van der Waals surface area contributed by atoms with E-state index in [0.717, 1.165) is 16.3 Å². The molecule has 2 aromatic rings. The molecule has 0 aromatic heterocycles. The molecule has 2 aromatic carbocycles. The lowest BCUT2D eigenvalue weighted by Crippen LogP contribution is -2.47. The van der Waals surface area contributed by atoms with Gasteiger partial charge in [0.15, 0.2) is 5.96 Å². The van der Waals surface area contributed by atoms with Crippen LogP contribution >= 0.6 is 11.6 Å². The molecule has 4 heteroatoms. The van der Waals surface area contributed by atoms with Crippen molar-refractivity contribution >= 4 is 23.2 Å². The zero-order chi connectivity index (χ0) is 14.2. The number of halogens is 1. The van der Waals surface area contributed by atoms with Gasteiger partial charge in [0, 0.05) is 10.7 Å². The van der Waals surface area contributed by atoms with Gasteiger partial charge < -0.3 is 10.6 Å². The van der Waals surface area contributed by atoms with Crippen molar-refractivity contribution in [2.24, 2.45) is 10.7 Å². The Bertz CT molecular complexity index is 637. The molecular weight excluding hydrogens is 270 g/mol. The Labute approximate surface area is 123 Å². The van der Waals surface area contributed by atoms with Crippen LogP contribution < -0.4 is 10.6 Å². The highest BCUT2D eigenvalue weighted by atomic mass is 35.5. The predicted octanol–water partition coefficient (Wildman–Crippen LogP) is 3.39. The first kappa shape index (κ1) is 13.0. The van der Waals surface area contributed by atoms with Gasteiger partial charge in [-0.05, 0) is 36.8 Å². The van der Waals surface area contributed by atoms with E-state index in [1.165, 1.54) is 0 Å². The summed E-state index contributed by atoms with van der Waals surface area (Å²) in [5.74, 6) is 0.550. The topological polar surface area (TPSA) is 41.6 Å².